The van der Waals surface area contributed by atoms with E-state index >= 15 is 0 Å². The Labute approximate surface area is 147 Å². The maximum atomic E-state index is 12.5. The van der Waals surface area contributed by atoms with Crippen LogP contribution in [0.25, 0.3) is 0 Å². The predicted molar refractivity (Wildman–Crippen MR) is 99.4 cm³/mol. The van der Waals surface area contributed by atoms with Crippen molar-refractivity contribution < 1.29 is 9.00 Å². The first-order valence-electron chi connectivity index (χ1n) is 9.08. The van der Waals surface area contributed by atoms with Gasteiger partial charge in [-0.05, 0) is 50.4 Å². The summed E-state index contributed by atoms with van der Waals surface area (Å²) in [5, 5.41) is 3.32. The Hall–Kier alpha value is -1.20. The van der Waals surface area contributed by atoms with Gasteiger partial charge in [-0.15, -0.1) is 0 Å². The van der Waals surface area contributed by atoms with E-state index in [2.05, 4.69) is 10.2 Å². The Morgan fingerprint density at radius 1 is 1.21 bits per heavy atom. The fourth-order valence-corrected chi connectivity index (χ4v) is 5.02. The SMILES string of the molecule is CN(CC(=O)Nc1cccc(C[S@@](=O)C2CCCCC2)c1)C1CC1. The second-order valence-electron chi connectivity index (χ2n) is 7.18. The van der Waals surface area contributed by atoms with Crippen molar-refractivity contribution in [1.29, 1.82) is 0 Å². The van der Waals surface area contributed by atoms with Crippen molar-refractivity contribution in [3.63, 3.8) is 0 Å². The molecule has 0 saturated heterocycles. The lowest BCUT2D eigenvalue weighted by Gasteiger charge is -2.21. The normalized spacial score (nSPS) is 20.1. The third-order valence-electron chi connectivity index (χ3n) is 5.01. The Kier molecular flexibility index (Phi) is 6.06. The van der Waals surface area contributed by atoms with Crippen LogP contribution >= 0.6 is 0 Å². The van der Waals surface area contributed by atoms with Crippen LogP contribution in [-0.4, -0.2) is 39.9 Å². The van der Waals surface area contributed by atoms with E-state index in [1.807, 2.05) is 31.3 Å². The van der Waals surface area contributed by atoms with Crippen molar-refractivity contribution in [2.24, 2.45) is 0 Å². The zero-order valence-electron chi connectivity index (χ0n) is 14.5. The molecule has 1 amide bonds. The summed E-state index contributed by atoms with van der Waals surface area (Å²) in [4.78, 5) is 14.2. The third kappa shape index (κ3) is 5.15. The first-order valence-corrected chi connectivity index (χ1v) is 10.5. The molecule has 0 bridgehead atoms. The van der Waals surface area contributed by atoms with Crippen molar-refractivity contribution in [2.45, 2.75) is 62.0 Å². The molecule has 0 spiro atoms. The predicted octanol–water partition coefficient (Wildman–Crippen LogP) is 3.30. The van der Waals surface area contributed by atoms with Gasteiger partial charge in [-0.3, -0.25) is 13.9 Å². The molecular formula is C19H28N2O2S. The Morgan fingerprint density at radius 2 is 1.96 bits per heavy atom. The van der Waals surface area contributed by atoms with Crippen molar-refractivity contribution in [3.8, 4) is 0 Å². The van der Waals surface area contributed by atoms with Crippen LogP contribution in [0.3, 0.4) is 0 Å². The highest BCUT2D eigenvalue weighted by atomic mass is 32.2. The van der Waals surface area contributed by atoms with Crippen molar-refractivity contribution in [2.75, 3.05) is 18.9 Å². The highest BCUT2D eigenvalue weighted by molar-refractivity contribution is 7.84. The number of carbonyl (C=O) groups excluding carboxylic acids is 1. The minimum Gasteiger partial charge on any atom is -0.325 e. The molecule has 132 valence electrons. The van der Waals surface area contributed by atoms with Gasteiger partial charge in [0.15, 0.2) is 0 Å². The zero-order valence-corrected chi connectivity index (χ0v) is 15.3. The van der Waals surface area contributed by atoms with Crippen molar-refractivity contribution in [3.05, 3.63) is 29.8 Å². The molecule has 2 saturated carbocycles. The van der Waals surface area contributed by atoms with Gasteiger partial charge >= 0.3 is 0 Å². The Balaban J connectivity index is 1.53. The molecule has 0 aromatic heterocycles. The molecule has 5 heteroatoms. The molecule has 0 heterocycles. The van der Waals surface area contributed by atoms with E-state index < -0.39 is 10.8 Å². The monoisotopic (exact) mass is 348 g/mol. The van der Waals surface area contributed by atoms with Crippen LogP contribution in [0.4, 0.5) is 5.69 Å². The maximum Gasteiger partial charge on any atom is 0.238 e. The third-order valence-corrected chi connectivity index (χ3v) is 6.84. The van der Waals surface area contributed by atoms with E-state index in [1.54, 1.807) is 0 Å². The van der Waals surface area contributed by atoms with E-state index in [-0.39, 0.29) is 5.91 Å². The molecule has 1 aromatic rings. The number of carbonyl (C=O) groups is 1. The molecule has 0 radical (unpaired) electrons. The molecule has 24 heavy (non-hydrogen) atoms. The quantitative estimate of drug-likeness (QED) is 0.822. The van der Waals surface area contributed by atoms with Crippen molar-refractivity contribution >= 4 is 22.4 Å². The molecule has 2 aliphatic rings. The van der Waals surface area contributed by atoms with Crippen LogP contribution in [0.15, 0.2) is 24.3 Å². The van der Waals surface area contributed by atoms with E-state index in [9.17, 15) is 9.00 Å². The summed E-state index contributed by atoms with van der Waals surface area (Å²) in [6.07, 6.45) is 8.29. The van der Waals surface area contributed by atoms with Gasteiger partial charge in [0.1, 0.15) is 0 Å². The van der Waals surface area contributed by atoms with Crippen LogP contribution in [0.2, 0.25) is 0 Å². The van der Waals surface area contributed by atoms with Crippen LogP contribution < -0.4 is 5.32 Å². The van der Waals surface area contributed by atoms with Gasteiger partial charge in [0.05, 0.1) is 6.54 Å². The number of nitrogens with one attached hydrogen (secondary N) is 1. The number of rotatable bonds is 7. The molecule has 4 nitrogen and oxygen atoms in total. The van der Waals surface area contributed by atoms with Gasteiger partial charge in [-0.25, -0.2) is 0 Å². The number of hydrogen-bond acceptors (Lipinski definition) is 3. The van der Waals surface area contributed by atoms with E-state index in [0.717, 1.165) is 24.1 Å². The second-order valence-corrected chi connectivity index (χ2v) is 8.90. The first kappa shape index (κ1) is 17.6. The number of hydrogen-bond donors (Lipinski definition) is 1. The largest absolute Gasteiger partial charge is 0.325 e. The molecule has 0 unspecified atom stereocenters. The van der Waals surface area contributed by atoms with Gasteiger partial charge in [0.25, 0.3) is 0 Å². The summed E-state index contributed by atoms with van der Waals surface area (Å²) in [6, 6.07) is 8.40. The summed E-state index contributed by atoms with van der Waals surface area (Å²) in [6.45, 7) is 0.433. The van der Waals surface area contributed by atoms with Gasteiger partial charge in [-0.1, -0.05) is 31.4 Å². The summed E-state index contributed by atoms with van der Waals surface area (Å²) in [7, 11) is 1.19. The van der Waals surface area contributed by atoms with Crippen LogP contribution in [0.5, 0.6) is 0 Å². The zero-order chi connectivity index (χ0) is 16.9. The standard InChI is InChI=1S/C19H28N2O2S/c1-21(17-10-11-17)13-19(22)20-16-7-5-6-15(12-16)14-24(23)18-8-3-2-4-9-18/h5-7,12,17-18H,2-4,8-11,13-14H2,1H3,(H,20,22)/t24-/m1/s1. The average Bonchev–Trinajstić information content (AvgIpc) is 3.41. The number of anilines is 1. The summed E-state index contributed by atoms with van der Waals surface area (Å²) in [5.41, 5.74) is 1.86. The van der Waals surface area contributed by atoms with Crippen LogP contribution in [0.1, 0.15) is 50.5 Å². The fraction of sp³-hybridized carbons (Fsp3) is 0.632. The maximum absolute atomic E-state index is 12.5. The molecule has 0 aliphatic heterocycles. The smallest absolute Gasteiger partial charge is 0.238 e. The number of benzene rings is 1. The number of likely N-dealkylation sites (N-methyl/N-ethyl adjacent to an activating group) is 1. The molecule has 1 N–H and O–H groups in total. The first-order chi connectivity index (χ1) is 11.6. The minimum absolute atomic E-state index is 0.0231. The number of amides is 1. The lowest BCUT2D eigenvalue weighted by molar-refractivity contribution is -0.117. The second kappa shape index (κ2) is 8.26. The topological polar surface area (TPSA) is 49.4 Å². The van der Waals surface area contributed by atoms with E-state index in [1.165, 1.54) is 32.1 Å². The van der Waals surface area contributed by atoms with Gasteiger partial charge in [-0.2, -0.15) is 0 Å². The van der Waals surface area contributed by atoms with Gasteiger partial charge in [0, 0.05) is 33.5 Å². The molecule has 3 rings (SSSR count). The lowest BCUT2D eigenvalue weighted by Crippen LogP contribution is -2.31. The molecule has 2 fully saturated rings. The van der Waals surface area contributed by atoms with E-state index in [0.29, 0.717) is 23.6 Å². The summed E-state index contributed by atoms with van der Waals surface area (Å²) in [5.74, 6) is 0.617. The van der Waals surface area contributed by atoms with Gasteiger partial charge in [0.2, 0.25) is 5.91 Å². The fourth-order valence-electron chi connectivity index (χ4n) is 3.42. The van der Waals surface area contributed by atoms with Gasteiger partial charge < -0.3 is 5.32 Å². The lowest BCUT2D eigenvalue weighted by atomic mass is 10.0. The van der Waals surface area contributed by atoms with E-state index in [4.69, 9.17) is 0 Å². The molecule has 2 aliphatic carbocycles. The Bertz CT molecular complexity index is 595. The molecule has 1 aromatic carbocycles. The average molecular weight is 349 g/mol. The summed E-state index contributed by atoms with van der Waals surface area (Å²) >= 11 is 0. The van der Waals surface area contributed by atoms with Crippen molar-refractivity contribution in [1.82, 2.24) is 4.90 Å². The number of nitrogens with zero attached hydrogens (tertiary/aromatic N) is 1. The molecular weight excluding hydrogens is 320 g/mol. The van der Waals surface area contributed by atoms with Crippen LogP contribution in [-0.2, 0) is 21.3 Å². The minimum atomic E-state index is -0.806. The highest BCUT2D eigenvalue weighted by Gasteiger charge is 2.27. The Morgan fingerprint density at radius 3 is 2.67 bits per heavy atom. The highest BCUT2D eigenvalue weighted by Crippen LogP contribution is 2.25. The summed E-state index contributed by atoms with van der Waals surface area (Å²) < 4.78 is 12.5. The van der Waals surface area contributed by atoms with Crippen LogP contribution in [0, 0.1) is 0 Å². The molecule has 1 atom stereocenters.